The third kappa shape index (κ3) is 6.09. The van der Waals surface area contributed by atoms with Gasteiger partial charge in [-0.15, -0.1) is 0 Å². The van der Waals surface area contributed by atoms with E-state index in [9.17, 15) is 0 Å². The van der Waals surface area contributed by atoms with Crippen molar-refractivity contribution in [3.05, 3.63) is 77.0 Å². The molecule has 0 saturated carbocycles. The van der Waals surface area contributed by atoms with E-state index in [-0.39, 0.29) is 0 Å². The van der Waals surface area contributed by atoms with Crippen LogP contribution in [0.25, 0.3) is 0 Å². The summed E-state index contributed by atoms with van der Waals surface area (Å²) in [5, 5.41) is 0. The van der Waals surface area contributed by atoms with Crippen LogP contribution in [0.15, 0.2) is 71.5 Å². The van der Waals surface area contributed by atoms with Gasteiger partial charge in [-0.1, -0.05) is 81.2 Å². The van der Waals surface area contributed by atoms with E-state index in [0.717, 1.165) is 20.3 Å². The molecule has 1 aromatic carbocycles. The fraction of sp³-hybridized carbons (Fsp3) is 0.417. The number of allylic oxidation sites excluding steroid dienone is 3. The molecule has 0 spiro atoms. The molecular formula is C24H36BN. The molecule has 1 atom stereocenters. The molecular weight excluding hydrogens is 313 g/mol. The maximum atomic E-state index is 2.45. The average Bonchev–Trinajstić information content (AvgIpc) is 2.64. The third-order valence-corrected chi connectivity index (χ3v) is 5.11. The number of hydrogen-bond acceptors (Lipinski definition) is 1. The SMILES string of the molecule is CBN(/C(=C/C)C(C)/C(CC)=C(\C)CC)c1cccccccc(C)c1. The van der Waals surface area contributed by atoms with E-state index in [1.54, 1.807) is 5.57 Å². The lowest BCUT2D eigenvalue weighted by Crippen LogP contribution is -2.29. The molecule has 0 amide bonds. The Morgan fingerprint density at radius 3 is 2.23 bits per heavy atom. The Hall–Kier alpha value is -1.96. The van der Waals surface area contributed by atoms with Crippen LogP contribution >= 0.6 is 0 Å². The van der Waals surface area contributed by atoms with Crippen LogP contribution in [0.5, 0.6) is 0 Å². The maximum Gasteiger partial charge on any atom is 0.238 e. The Bertz CT molecular complexity index is 686. The first kappa shape index (κ1) is 22.1. The van der Waals surface area contributed by atoms with Crippen molar-refractivity contribution in [2.45, 2.75) is 61.2 Å². The first-order valence-corrected chi connectivity index (χ1v) is 10.0. The molecule has 26 heavy (non-hydrogen) atoms. The largest absolute Gasteiger partial charge is 0.393 e. The van der Waals surface area contributed by atoms with Crippen molar-refractivity contribution < 1.29 is 0 Å². The standard InChI is InChI=1S/C24H36BN/c1-8-20(5)23(9-2)21(6)24(10-3)26(25-7)22-17-15-13-11-12-14-16-19(4)18-22/h10-18,21,25H,8-9H2,1-7H3/b12-11?,13-11?,14-12?,15-13?,16-14?,17-15?,19-16?,19-18?,22-17?,22-18?,23-20+,24-10+. The van der Waals surface area contributed by atoms with E-state index < -0.39 is 0 Å². The van der Waals surface area contributed by atoms with Crippen LogP contribution in [0, 0.1) is 12.8 Å². The van der Waals surface area contributed by atoms with E-state index in [1.165, 1.54) is 22.5 Å². The zero-order chi connectivity index (χ0) is 19.5. The van der Waals surface area contributed by atoms with Crippen molar-refractivity contribution >= 4 is 13.1 Å². The van der Waals surface area contributed by atoms with Crippen molar-refractivity contribution in [1.82, 2.24) is 0 Å². The van der Waals surface area contributed by atoms with Crippen molar-refractivity contribution in [3.8, 4) is 0 Å². The van der Waals surface area contributed by atoms with Crippen molar-refractivity contribution in [2.24, 2.45) is 5.92 Å². The van der Waals surface area contributed by atoms with Crippen molar-refractivity contribution in [1.29, 1.82) is 0 Å². The maximum absolute atomic E-state index is 2.45. The second-order valence-electron chi connectivity index (χ2n) is 6.80. The minimum Gasteiger partial charge on any atom is -0.393 e. The van der Waals surface area contributed by atoms with Gasteiger partial charge in [-0.3, -0.25) is 0 Å². The minimum atomic E-state index is 0.425. The van der Waals surface area contributed by atoms with Gasteiger partial charge >= 0.3 is 0 Å². The van der Waals surface area contributed by atoms with E-state index >= 15 is 0 Å². The molecule has 0 aromatic heterocycles. The topological polar surface area (TPSA) is 3.24 Å². The summed E-state index contributed by atoms with van der Waals surface area (Å²) in [4.78, 5) is 2.45. The van der Waals surface area contributed by atoms with Gasteiger partial charge in [-0.2, -0.15) is 0 Å². The van der Waals surface area contributed by atoms with E-state index in [2.05, 4.69) is 108 Å². The lowest BCUT2D eigenvalue weighted by molar-refractivity contribution is 0.725. The predicted octanol–water partition coefficient (Wildman–Crippen LogP) is 7.00. The molecule has 0 aliphatic rings. The molecule has 1 rings (SSSR count). The second-order valence-corrected chi connectivity index (χ2v) is 6.80. The summed E-state index contributed by atoms with van der Waals surface area (Å²) in [6.45, 7) is 15.7. The van der Waals surface area contributed by atoms with Gasteiger partial charge < -0.3 is 4.81 Å². The summed E-state index contributed by atoms with van der Waals surface area (Å²) in [6.07, 6.45) is 4.52. The van der Waals surface area contributed by atoms with E-state index in [4.69, 9.17) is 0 Å². The summed E-state index contributed by atoms with van der Waals surface area (Å²) >= 11 is 0. The third-order valence-electron chi connectivity index (χ3n) is 5.11. The number of anilines is 1. The lowest BCUT2D eigenvalue weighted by atomic mass is 9.84. The first-order valence-electron chi connectivity index (χ1n) is 10.0. The quantitative estimate of drug-likeness (QED) is 0.378. The Morgan fingerprint density at radius 1 is 1.08 bits per heavy atom. The zero-order valence-corrected chi connectivity index (χ0v) is 17.8. The summed E-state index contributed by atoms with van der Waals surface area (Å²) < 4.78 is 0. The number of nitrogens with zero attached hydrogens (tertiary/aromatic N) is 1. The van der Waals surface area contributed by atoms with Gasteiger partial charge in [-0.25, -0.2) is 0 Å². The lowest BCUT2D eigenvalue weighted by Gasteiger charge is -2.32. The fourth-order valence-corrected chi connectivity index (χ4v) is 3.59. The van der Waals surface area contributed by atoms with E-state index in [0.29, 0.717) is 5.92 Å². The molecule has 0 fully saturated rings. The van der Waals surface area contributed by atoms with Gasteiger partial charge in [0.1, 0.15) is 0 Å². The van der Waals surface area contributed by atoms with Gasteiger partial charge in [0.2, 0.25) is 7.41 Å². The summed E-state index contributed by atoms with van der Waals surface area (Å²) in [5.41, 5.74) is 6.98. The smallest absolute Gasteiger partial charge is 0.238 e. The summed E-state index contributed by atoms with van der Waals surface area (Å²) in [6, 6.07) is 17.1. The first-order chi connectivity index (χ1) is 12.5. The molecule has 140 valence electrons. The average molecular weight is 349 g/mol. The molecule has 1 unspecified atom stereocenters. The molecule has 0 N–H and O–H groups in total. The number of aryl methyl sites for hydroxylation is 1. The molecule has 0 radical (unpaired) electrons. The van der Waals surface area contributed by atoms with Crippen LogP contribution in [-0.2, 0) is 0 Å². The monoisotopic (exact) mass is 349 g/mol. The van der Waals surface area contributed by atoms with Gasteiger partial charge in [-0.05, 0) is 51.3 Å². The zero-order valence-electron chi connectivity index (χ0n) is 17.8. The van der Waals surface area contributed by atoms with E-state index in [1.807, 2.05) is 0 Å². The van der Waals surface area contributed by atoms with Gasteiger partial charge in [0, 0.05) is 17.3 Å². The molecule has 1 aromatic rings. The van der Waals surface area contributed by atoms with Crippen LogP contribution < -0.4 is 4.81 Å². The normalized spacial score (nSPS) is 13.4. The van der Waals surface area contributed by atoms with Crippen LogP contribution in [0.1, 0.15) is 53.0 Å². The Labute approximate surface area is 162 Å². The van der Waals surface area contributed by atoms with Crippen LogP contribution in [0.3, 0.4) is 0 Å². The summed E-state index contributed by atoms with van der Waals surface area (Å²) in [5.74, 6) is 0.425. The van der Waals surface area contributed by atoms with Gasteiger partial charge in [0.05, 0.1) is 0 Å². The van der Waals surface area contributed by atoms with Crippen molar-refractivity contribution in [3.63, 3.8) is 0 Å². The molecule has 0 bridgehead atoms. The molecule has 1 nitrogen and oxygen atoms in total. The molecule has 0 heterocycles. The van der Waals surface area contributed by atoms with Crippen LogP contribution in [-0.4, -0.2) is 7.41 Å². The van der Waals surface area contributed by atoms with Crippen LogP contribution in [0.2, 0.25) is 6.82 Å². The highest BCUT2D eigenvalue weighted by atomic mass is 15.1. The minimum absolute atomic E-state index is 0.425. The Morgan fingerprint density at radius 2 is 1.69 bits per heavy atom. The fourth-order valence-electron chi connectivity index (χ4n) is 3.59. The summed E-state index contributed by atoms with van der Waals surface area (Å²) in [7, 11) is 0.954. The highest BCUT2D eigenvalue weighted by Gasteiger charge is 2.19. The highest BCUT2D eigenvalue weighted by Crippen LogP contribution is 2.31. The second kappa shape index (κ2) is 11.6. The molecule has 0 saturated heterocycles. The molecule has 2 heteroatoms. The van der Waals surface area contributed by atoms with Gasteiger partial charge in [0.15, 0.2) is 0 Å². The van der Waals surface area contributed by atoms with Crippen LogP contribution in [0.4, 0.5) is 5.69 Å². The van der Waals surface area contributed by atoms with Crippen molar-refractivity contribution in [2.75, 3.05) is 4.81 Å². The highest BCUT2D eigenvalue weighted by molar-refractivity contribution is 6.41. The number of hydrogen-bond donors (Lipinski definition) is 0. The Kier molecular flexibility index (Phi) is 9.87. The molecule has 0 aliphatic carbocycles. The predicted molar refractivity (Wildman–Crippen MR) is 121 cm³/mol. The number of rotatable bonds is 7. The molecule has 0 aliphatic heterocycles. The Balaban J connectivity index is 3.47. The van der Waals surface area contributed by atoms with Gasteiger partial charge in [0.25, 0.3) is 0 Å².